The number of carbonyl (C=O) groups is 1. The van der Waals surface area contributed by atoms with Crippen molar-refractivity contribution in [2.24, 2.45) is 4.99 Å². The third-order valence-corrected chi connectivity index (χ3v) is 3.85. The summed E-state index contributed by atoms with van der Waals surface area (Å²) in [6, 6.07) is 4.27. The normalized spacial score (nSPS) is 11.3. The van der Waals surface area contributed by atoms with Crippen LogP contribution in [-0.2, 0) is 17.8 Å². The number of guanidine groups is 1. The molecule has 1 heterocycles. The van der Waals surface area contributed by atoms with Crippen molar-refractivity contribution in [3.05, 3.63) is 21.9 Å². The van der Waals surface area contributed by atoms with Crippen LogP contribution in [0.25, 0.3) is 0 Å². The average molecular weight is 282 g/mol. The van der Waals surface area contributed by atoms with Gasteiger partial charge in [0.25, 0.3) is 0 Å². The molecule has 6 heteroatoms. The van der Waals surface area contributed by atoms with Crippen LogP contribution in [0.5, 0.6) is 0 Å². The van der Waals surface area contributed by atoms with Crippen LogP contribution in [0.2, 0.25) is 0 Å². The van der Waals surface area contributed by atoms with Crippen LogP contribution in [0.15, 0.2) is 17.1 Å². The fraction of sp³-hybridized carbons (Fsp3) is 0.538. The number of nitrogens with zero attached hydrogens (tertiary/aromatic N) is 2. The number of rotatable bonds is 5. The van der Waals surface area contributed by atoms with E-state index in [-0.39, 0.29) is 12.5 Å². The number of likely N-dealkylation sites (N-methyl/N-ethyl adjacent to an activating group) is 1. The number of nitrogens with one attached hydrogen (secondary N) is 2. The van der Waals surface area contributed by atoms with E-state index < -0.39 is 0 Å². The van der Waals surface area contributed by atoms with E-state index in [1.54, 1.807) is 37.4 Å². The van der Waals surface area contributed by atoms with E-state index in [2.05, 4.69) is 34.7 Å². The van der Waals surface area contributed by atoms with Gasteiger partial charge in [-0.1, -0.05) is 6.92 Å². The van der Waals surface area contributed by atoms with Crippen molar-refractivity contribution < 1.29 is 4.79 Å². The largest absolute Gasteiger partial charge is 0.352 e. The lowest BCUT2D eigenvalue weighted by molar-refractivity contribution is -0.127. The summed E-state index contributed by atoms with van der Waals surface area (Å²) >= 11 is 1.79. The molecule has 5 nitrogen and oxygen atoms in total. The molecule has 0 aromatic carbocycles. The van der Waals surface area contributed by atoms with Crippen molar-refractivity contribution in [2.75, 3.05) is 27.7 Å². The van der Waals surface area contributed by atoms with Crippen LogP contribution >= 0.6 is 11.3 Å². The first kappa shape index (κ1) is 15.5. The second-order valence-corrected chi connectivity index (χ2v) is 5.54. The zero-order valence-corrected chi connectivity index (χ0v) is 12.8. The zero-order valence-electron chi connectivity index (χ0n) is 12.0. The molecular weight excluding hydrogens is 260 g/mol. The molecule has 0 atom stereocenters. The fourth-order valence-electron chi connectivity index (χ4n) is 1.42. The monoisotopic (exact) mass is 282 g/mol. The lowest BCUT2D eigenvalue weighted by Crippen LogP contribution is -2.42. The third kappa shape index (κ3) is 5.30. The van der Waals surface area contributed by atoms with Gasteiger partial charge in [-0.15, -0.1) is 11.3 Å². The van der Waals surface area contributed by atoms with Gasteiger partial charge >= 0.3 is 0 Å². The maximum Gasteiger partial charge on any atom is 0.241 e. The highest BCUT2D eigenvalue weighted by Gasteiger charge is 2.05. The summed E-state index contributed by atoms with van der Waals surface area (Å²) in [5.74, 6) is 0.661. The summed E-state index contributed by atoms with van der Waals surface area (Å²) in [7, 11) is 5.16. The lowest BCUT2D eigenvalue weighted by atomic mass is 10.4. The molecule has 1 rings (SSSR count). The molecule has 2 N–H and O–H groups in total. The predicted octanol–water partition coefficient (Wildman–Crippen LogP) is 1.06. The molecule has 0 saturated carbocycles. The van der Waals surface area contributed by atoms with Gasteiger partial charge in [0, 0.05) is 30.9 Å². The van der Waals surface area contributed by atoms with Crippen LogP contribution in [0.3, 0.4) is 0 Å². The van der Waals surface area contributed by atoms with Crippen LogP contribution < -0.4 is 10.6 Å². The van der Waals surface area contributed by atoms with E-state index in [0.717, 1.165) is 13.0 Å². The first-order valence-electron chi connectivity index (χ1n) is 6.29. The minimum Gasteiger partial charge on any atom is -0.352 e. The molecule has 1 amide bonds. The highest BCUT2D eigenvalue weighted by atomic mass is 32.1. The Bertz CT molecular complexity index is 440. The van der Waals surface area contributed by atoms with Crippen LogP contribution in [0, 0.1) is 0 Å². The van der Waals surface area contributed by atoms with Crippen molar-refractivity contribution >= 4 is 23.2 Å². The Morgan fingerprint density at radius 1 is 1.32 bits per heavy atom. The molecule has 0 radical (unpaired) electrons. The van der Waals surface area contributed by atoms with Gasteiger partial charge in [0.2, 0.25) is 5.91 Å². The molecule has 0 saturated heterocycles. The van der Waals surface area contributed by atoms with Gasteiger partial charge in [-0.05, 0) is 18.6 Å². The minimum absolute atomic E-state index is 0.0207. The van der Waals surface area contributed by atoms with Gasteiger partial charge in [-0.25, -0.2) is 0 Å². The maximum atomic E-state index is 11.5. The SMILES string of the molecule is CCc1ccc(CNC(=NC)NCC(=O)N(C)C)s1. The summed E-state index contributed by atoms with van der Waals surface area (Å²) in [5.41, 5.74) is 0. The molecule has 0 unspecified atom stereocenters. The number of amides is 1. The number of hydrogen-bond donors (Lipinski definition) is 2. The first-order chi connectivity index (χ1) is 9.06. The Balaban J connectivity index is 2.39. The summed E-state index contributed by atoms with van der Waals surface area (Å²) in [6.45, 7) is 3.12. The van der Waals surface area contributed by atoms with E-state index in [1.165, 1.54) is 9.75 Å². The number of aliphatic imine (C=N–C) groups is 1. The molecule has 0 spiro atoms. The van der Waals surface area contributed by atoms with Gasteiger partial charge in [-0.2, -0.15) is 0 Å². The standard InChI is InChI=1S/C13H22N4OS/c1-5-10-6-7-11(19-10)8-15-13(14-2)16-9-12(18)17(3)4/h6-7H,5,8-9H2,1-4H3,(H2,14,15,16). The molecule has 0 fully saturated rings. The van der Waals surface area contributed by atoms with Crippen LogP contribution in [0.4, 0.5) is 0 Å². The van der Waals surface area contributed by atoms with E-state index >= 15 is 0 Å². The summed E-state index contributed by atoms with van der Waals surface area (Å²) in [4.78, 5) is 19.7. The first-order valence-corrected chi connectivity index (χ1v) is 7.10. The molecule has 0 bridgehead atoms. The van der Waals surface area contributed by atoms with E-state index in [4.69, 9.17) is 0 Å². The van der Waals surface area contributed by atoms with E-state index in [9.17, 15) is 4.79 Å². The Labute approximate surface area is 118 Å². The molecule has 0 aliphatic carbocycles. The molecule has 0 aliphatic rings. The quantitative estimate of drug-likeness (QED) is 0.627. The van der Waals surface area contributed by atoms with Gasteiger partial charge in [0.1, 0.15) is 0 Å². The van der Waals surface area contributed by atoms with Gasteiger partial charge in [-0.3, -0.25) is 9.79 Å². The van der Waals surface area contributed by atoms with Gasteiger partial charge in [0.15, 0.2) is 5.96 Å². The van der Waals surface area contributed by atoms with Gasteiger partial charge < -0.3 is 15.5 Å². The number of hydrogen-bond acceptors (Lipinski definition) is 3. The summed E-state index contributed by atoms with van der Waals surface area (Å²) in [5, 5.41) is 6.19. The van der Waals surface area contributed by atoms with Crippen molar-refractivity contribution in [1.29, 1.82) is 0 Å². The fourth-order valence-corrected chi connectivity index (χ4v) is 2.31. The second kappa shape index (κ2) is 7.78. The van der Waals surface area contributed by atoms with E-state index in [1.807, 2.05) is 0 Å². The highest BCUT2D eigenvalue weighted by molar-refractivity contribution is 7.11. The minimum atomic E-state index is 0.0207. The lowest BCUT2D eigenvalue weighted by Gasteiger charge is -2.13. The second-order valence-electron chi connectivity index (χ2n) is 4.29. The molecular formula is C13H22N4OS. The Morgan fingerprint density at radius 2 is 2.00 bits per heavy atom. The molecule has 106 valence electrons. The van der Waals surface area contributed by atoms with Crippen LogP contribution in [0.1, 0.15) is 16.7 Å². The zero-order chi connectivity index (χ0) is 14.3. The number of aryl methyl sites for hydroxylation is 1. The number of carbonyl (C=O) groups excluding carboxylic acids is 1. The smallest absolute Gasteiger partial charge is 0.241 e. The number of thiophene rings is 1. The Morgan fingerprint density at radius 3 is 2.53 bits per heavy atom. The van der Waals surface area contributed by atoms with Crippen molar-refractivity contribution in [2.45, 2.75) is 19.9 Å². The summed E-state index contributed by atoms with van der Waals surface area (Å²) < 4.78 is 0. The van der Waals surface area contributed by atoms with Crippen LogP contribution in [-0.4, -0.2) is 44.5 Å². The van der Waals surface area contributed by atoms with E-state index in [0.29, 0.717) is 5.96 Å². The molecule has 1 aromatic heterocycles. The molecule has 0 aliphatic heterocycles. The third-order valence-electron chi connectivity index (χ3n) is 2.63. The average Bonchev–Trinajstić information content (AvgIpc) is 2.86. The van der Waals surface area contributed by atoms with Crippen molar-refractivity contribution in [3.63, 3.8) is 0 Å². The Hall–Kier alpha value is -1.56. The highest BCUT2D eigenvalue weighted by Crippen LogP contribution is 2.16. The molecule has 1 aromatic rings. The van der Waals surface area contributed by atoms with Crippen molar-refractivity contribution in [3.8, 4) is 0 Å². The van der Waals surface area contributed by atoms with Gasteiger partial charge in [0.05, 0.1) is 13.1 Å². The maximum absolute atomic E-state index is 11.5. The Kier molecular flexibility index (Phi) is 6.35. The summed E-state index contributed by atoms with van der Waals surface area (Å²) in [6.07, 6.45) is 1.06. The van der Waals surface area contributed by atoms with Crippen molar-refractivity contribution in [1.82, 2.24) is 15.5 Å². The topological polar surface area (TPSA) is 56.7 Å². The predicted molar refractivity (Wildman–Crippen MR) is 80.6 cm³/mol. The molecule has 19 heavy (non-hydrogen) atoms.